The molecular weight excluding hydrogens is 326 g/mol. The van der Waals surface area contributed by atoms with E-state index < -0.39 is 0 Å². The Labute approximate surface area is 144 Å². The van der Waals surface area contributed by atoms with Gasteiger partial charge >= 0.3 is 0 Å². The van der Waals surface area contributed by atoms with Crippen molar-refractivity contribution in [3.05, 3.63) is 40.2 Å². The molecule has 7 heteroatoms. The fraction of sp³-hybridized carbons (Fsp3) is 0.471. The van der Waals surface area contributed by atoms with Gasteiger partial charge < -0.3 is 14.1 Å². The minimum Gasteiger partial charge on any atom is -0.426 e. The van der Waals surface area contributed by atoms with Crippen molar-refractivity contribution < 1.29 is 13.9 Å². The van der Waals surface area contributed by atoms with E-state index in [1.165, 1.54) is 0 Å². The standard InChI is InChI=1S/C17H19N3O3S/c1-11-18-19-16(23-11)7-12-10-22-15-9-20(8-14(12)15)17(21)5-4-13-3-2-6-24-13/h2-6,12,14-15H,7-10H2,1H3/b5-4+/t12-,14-,15-/m1/s1. The lowest BCUT2D eigenvalue weighted by atomic mass is 9.90. The second kappa shape index (κ2) is 6.49. The highest BCUT2D eigenvalue weighted by molar-refractivity contribution is 7.10. The molecular formula is C17H19N3O3S. The third-order valence-electron chi connectivity index (χ3n) is 4.69. The zero-order valence-corrected chi connectivity index (χ0v) is 14.2. The number of hydrogen-bond acceptors (Lipinski definition) is 6. The first-order valence-corrected chi connectivity index (χ1v) is 8.98. The number of carbonyl (C=O) groups is 1. The van der Waals surface area contributed by atoms with Crippen molar-refractivity contribution in [2.75, 3.05) is 19.7 Å². The molecule has 6 nitrogen and oxygen atoms in total. The van der Waals surface area contributed by atoms with Crippen LogP contribution in [0.2, 0.25) is 0 Å². The van der Waals surface area contributed by atoms with Crippen LogP contribution in [0.5, 0.6) is 0 Å². The fourth-order valence-electron chi connectivity index (χ4n) is 3.48. The van der Waals surface area contributed by atoms with E-state index in [4.69, 9.17) is 9.15 Å². The van der Waals surface area contributed by atoms with E-state index in [1.54, 1.807) is 24.3 Å². The van der Waals surface area contributed by atoms with Gasteiger partial charge in [-0.1, -0.05) is 6.07 Å². The predicted octanol–water partition coefficient (Wildman–Crippen LogP) is 2.17. The van der Waals surface area contributed by atoms with Gasteiger partial charge in [-0.3, -0.25) is 4.79 Å². The molecule has 2 fully saturated rings. The topological polar surface area (TPSA) is 68.5 Å². The van der Waals surface area contributed by atoms with Crippen LogP contribution in [0.3, 0.4) is 0 Å². The molecule has 1 amide bonds. The van der Waals surface area contributed by atoms with Gasteiger partial charge in [0.25, 0.3) is 0 Å². The maximum Gasteiger partial charge on any atom is 0.246 e. The van der Waals surface area contributed by atoms with Crippen LogP contribution in [-0.4, -0.2) is 46.8 Å². The monoisotopic (exact) mass is 345 g/mol. The highest BCUT2D eigenvalue weighted by atomic mass is 32.1. The Morgan fingerprint density at radius 2 is 2.38 bits per heavy atom. The number of amides is 1. The quantitative estimate of drug-likeness (QED) is 0.795. The lowest BCUT2D eigenvalue weighted by molar-refractivity contribution is -0.125. The summed E-state index contributed by atoms with van der Waals surface area (Å²) in [4.78, 5) is 15.4. The minimum atomic E-state index is 0.0498. The van der Waals surface area contributed by atoms with Gasteiger partial charge in [0.1, 0.15) is 0 Å². The number of nitrogens with zero attached hydrogens (tertiary/aromatic N) is 3. The van der Waals surface area contributed by atoms with E-state index >= 15 is 0 Å². The van der Waals surface area contributed by atoms with Gasteiger partial charge in [0.05, 0.1) is 12.7 Å². The van der Waals surface area contributed by atoms with Crippen molar-refractivity contribution >= 4 is 23.3 Å². The molecule has 4 heterocycles. The molecule has 24 heavy (non-hydrogen) atoms. The van der Waals surface area contributed by atoms with E-state index in [2.05, 4.69) is 10.2 Å². The van der Waals surface area contributed by atoms with E-state index in [0.717, 1.165) is 17.8 Å². The van der Waals surface area contributed by atoms with Gasteiger partial charge in [-0.25, -0.2) is 0 Å². The fourth-order valence-corrected chi connectivity index (χ4v) is 4.10. The van der Waals surface area contributed by atoms with Gasteiger partial charge in [0.15, 0.2) is 0 Å². The number of aromatic nitrogens is 2. The average molecular weight is 345 g/mol. The number of thiophene rings is 1. The summed E-state index contributed by atoms with van der Waals surface area (Å²) >= 11 is 1.62. The summed E-state index contributed by atoms with van der Waals surface area (Å²) in [5.74, 6) is 1.96. The Balaban J connectivity index is 1.37. The number of likely N-dealkylation sites (tertiary alicyclic amines) is 1. The Morgan fingerprint density at radius 3 is 3.12 bits per heavy atom. The average Bonchev–Trinajstić information content (AvgIpc) is 3.31. The number of rotatable bonds is 4. The van der Waals surface area contributed by atoms with Crippen LogP contribution in [0.25, 0.3) is 6.08 Å². The molecule has 0 bridgehead atoms. The van der Waals surface area contributed by atoms with Crippen molar-refractivity contribution in [2.45, 2.75) is 19.4 Å². The lowest BCUT2D eigenvalue weighted by Gasteiger charge is -2.17. The van der Waals surface area contributed by atoms with Gasteiger partial charge in [-0.15, -0.1) is 21.5 Å². The summed E-state index contributed by atoms with van der Waals surface area (Å²) in [6.45, 7) is 3.89. The molecule has 3 atom stereocenters. The van der Waals surface area contributed by atoms with Crippen LogP contribution >= 0.6 is 11.3 Å². The van der Waals surface area contributed by atoms with Gasteiger partial charge in [-0.05, 0) is 23.4 Å². The molecule has 2 aliphatic rings. The molecule has 126 valence electrons. The summed E-state index contributed by atoms with van der Waals surface area (Å²) in [5, 5.41) is 9.95. The SMILES string of the molecule is Cc1nnc(C[C@@H]2CO[C@@H]3CN(C(=O)/C=C/c4cccs4)C[C@H]23)o1. The largest absolute Gasteiger partial charge is 0.426 e. The van der Waals surface area contributed by atoms with Crippen LogP contribution in [-0.2, 0) is 16.0 Å². The second-order valence-corrected chi connectivity index (χ2v) is 7.29. The summed E-state index contributed by atoms with van der Waals surface area (Å²) in [6.07, 6.45) is 4.37. The molecule has 4 rings (SSSR count). The summed E-state index contributed by atoms with van der Waals surface area (Å²) in [7, 11) is 0. The first kappa shape index (κ1) is 15.5. The van der Waals surface area contributed by atoms with E-state index in [0.29, 0.717) is 36.8 Å². The third-order valence-corrected chi connectivity index (χ3v) is 5.53. The summed E-state index contributed by atoms with van der Waals surface area (Å²) in [5.41, 5.74) is 0. The summed E-state index contributed by atoms with van der Waals surface area (Å²) < 4.78 is 11.4. The molecule has 0 N–H and O–H groups in total. The van der Waals surface area contributed by atoms with Crippen LogP contribution in [0, 0.1) is 18.8 Å². The zero-order valence-electron chi connectivity index (χ0n) is 13.4. The highest BCUT2D eigenvalue weighted by Gasteiger charge is 2.45. The number of ether oxygens (including phenoxy) is 1. The predicted molar refractivity (Wildman–Crippen MR) is 89.4 cm³/mol. The second-order valence-electron chi connectivity index (χ2n) is 6.31. The minimum absolute atomic E-state index is 0.0498. The molecule has 2 aromatic rings. The number of carbonyl (C=O) groups excluding carboxylic acids is 1. The van der Waals surface area contributed by atoms with Gasteiger partial charge in [-0.2, -0.15) is 0 Å². The maximum absolute atomic E-state index is 12.4. The maximum atomic E-state index is 12.4. The van der Waals surface area contributed by atoms with E-state index in [1.807, 2.05) is 28.5 Å². The van der Waals surface area contributed by atoms with Crippen LogP contribution in [0.15, 0.2) is 28.0 Å². The lowest BCUT2D eigenvalue weighted by Crippen LogP contribution is -2.30. The van der Waals surface area contributed by atoms with Gasteiger partial charge in [0, 0.05) is 43.3 Å². The molecule has 2 aliphatic heterocycles. The first-order chi connectivity index (χ1) is 11.7. The molecule has 2 saturated heterocycles. The van der Waals surface area contributed by atoms with Crippen LogP contribution < -0.4 is 0 Å². The molecule has 0 unspecified atom stereocenters. The number of fused-ring (bicyclic) bond motifs is 1. The molecule has 0 aromatic carbocycles. The Hall–Kier alpha value is -1.99. The smallest absolute Gasteiger partial charge is 0.246 e. The Morgan fingerprint density at radius 1 is 1.46 bits per heavy atom. The summed E-state index contributed by atoms with van der Waals surface area (Å²) in [6, 6.07) is 3.98. The number of aryl methyl sites for hydroxylation is 1. The Kier molecular flexibility index (Phi) is 4.20. The number of hydrogen-bond donors (Lipinski definition) is 0. The van der Waals surface area contributed by atoms with E-state index in [-0.39, 0.29) is 12.0 Å². The van der Waals surface area contributed by atoms with Crippen molar-refractivity contribution in [1.82, 2.24) is 15.1 Å². The normalized spacial score (nSPS) is 26.4. The molecule has 0 spiro atoms. The van der Waals surface area contributed by atoms with Crippen LogP contribution in [0.1, 0.15) is 16.7 Å². The zero-order chi connectivity index (χ0) is 16.5. The molecule has 0 radical (unpaired) electrons. The molecule has 0 aliphatic carbocycles. The first-order valence-electron chi connectivity index (χ1n) is 8.10. The highest BCUT2D eigenvalue weighted by Crippen LogP contribution is 2.35. The van der Waals surface area contributed by atoms with Crippen molar-refractivity contribution in [3.63, 3.8) is 0 Å². The molecule has 0 saturated carbocycles. The van der Waals surface area contributed by atoms with Crippen molar-refractivity contribution in [3.8, 4) is 0 Å². The van der Waals surface area contributed by atoms with E-state index in [9.17, 15) is 4.79 Å². The Bertz CT molecular complexity index is 740. The van der Waals surface area contributed by atoms with Crippen LogP contribution in [0.4, 0.5) is 0 Å². The van der Waals surface area contributed by atoms with Crippen molar-refractivity contribution in [1.29, 1.82) is 0 Å². The van der Waals surface area contributed by atoms with Crippen molar-refractivity contribution in [2.24, 2.45) is 11.8 Å². The third kappa shape index (κ3) is 3.14. The van der Waals surface area contributed by atoms with Gasteiger partial charge in [0.2, 0.25) is 17.7 Å². The molecule has 2 aromatic heterocycles.